The van der Waals surface area contributed by atoms with Gasteiger partial charge in [0.2, 0.25) is 0 Å². The molecule has 0 saturated heterocycles. The van der Waals surface area contributed by atoms with Gasteiger partial charge in [0, 0.05) is 5.92 Å². The van der Waals surface area contributed by atoms with Gasteiger partial charge in [0.15, 0.2) is 6.29 Å². The zero-order valence-corrected chi connectivity index (χ0v) is 8.99. The van der Waals surface area contributed by atoms with Crippen LogP contribution in [0.4, 0.5) is 0 Å². The number of hydrogen-bond acceptors (Lipinski definition) is 2. The molecule has 0 bridgehead atoms. The Labute approximate surface area is 81.3 Å². The molecule has 0 spiro atoms. The fraction of sp³-hybridized carbons (Fsp3) is 1.00. The Morgan fingerprint density at radius 3 is 2.54 bits per heavy atom. The lowest BCUT2D eigenvalue weighted by atomic mass is 9.82. The zero-order valence-electron chi connectivity index (χ0n) is 8.99. The molecule has 13 heavy (non-hydrogen) atoms. The minimum absolute atomic E-state index is 0.132. The van der Waals surface area contributed by atoms with Crippen LogP contribution in [0, 0.1) is 11.8 Å². The van der Waals surface area contributed by atoms with Crippen LogP contribution >= 0.6 is 0 Å². The van der Waals surface area contributed by atoms with Crippen molar-refractivity contribution in [1.82, 2.24) is 0 Å². The van der Waals surface area contributed by atoms with Crippen molar-refractivity contribution in [3.63, 3.8) is 0 Å². The summed E-state index contributed by atoms with van der Waals surface area (Å²) in [7, 11) is 0. The van der Waals surface area contributed by atoms with Crippen LogP contribution in [0.5, 0.6) is 0 Å². The van der Waals surface area contributed by atoms with Crippen molar-refractivity contribution in [2.45, 2.75) is 58.8 Å². The molecular weight excluding hydrogens is 164 g/mol. The van der Waals surface area contributed by atoms with Gasteiger partial charge in [-0.15, -0.1) is 0 Å². The molecule has 3 atom stereocenters. The second-order valence-electron chi connectivity index (χ2n) is 4.61. The Bertz CT molecular complexity index is 145. The van der Waals surface area contributed by atoms with Crippen LogP contribution < -0.4 is 0 Å². The molecule has 2 nitrogen and oxygen atoms in total. The predicted octanol–water partition coefficient (Wildman–Crippen LogP) is 2.56. The van der Waals surface area contributed by atoms with E-state index >= 15 is 0 Å². The van der Waals surface area contributed by atoms with E-state index < -0.39 is 6.29 Å². The second kappa shape index (κ2) is 4.97. The molecule has 1 N–H and O–H groups in total. The quantitative estimate of drug-likeness (QED) is 0.686. The highest BCUT2D eigenvalue weighted by atomic mass is 16.6. The average Bonchev–Trinajstić information content (AvgIpc) is 2.03. The van der Waals surface area contributed by atoms with Crippen molar-refractivity contribution >= 4 is 0 Å². The molecule has 0 aromatic rings. The molecule has 0 heterocycles. The highest BCUT2D eigenvalue weighted by Crippen LogP contribution is 2.31. The Morgan fingerprint density at radius 2 is 2.00 bits per heavy atom. The first-order valence-electron chi connectivity index (χ1n) is 5.43. The number of hydrogen-bond donors (Lipinski definition) is 1. The second-order valence-corrected chi connectivity index (χ2v) is 4.61. The highest BCUT2D eigenvalue weighted by molar-refractivity contribution is 4.72. The van der Waals surface area contributed by atoms with Crippen LogP contribution in [-0.2, 0) is 4.74 Å². The van der Waals surface area contributed by atoms with Crippen molar-refractivity contribution in [2.24, 2.45) is 11.8 Å². The summed E-state index contributed by atoms with van der Waals surface area (Å²) in [5.41, 5.74) is 0. The topological polar surface area (TPSA) is 29.5 Å². The summed E-state index contributed by atoms with van der Waals surface area (Å²) in [4.78, 5) is 0. The maximum Gasteiger partial charge on any atom is 0.157 e. The summed E-state index contributed by atoms with van der Waals surface area (Å²) in [6, 6.07) is 0. The van der Waals surface area contributed by atoms with Gasteiger partial charge in [-0.05, 0) is 32.6 Å². The SMILES string of the molecule is CC1CCCC(C(O)OC(C)C)C1. The van der Waals surface area contributed by atoms with E-state index in [4.69, 9.17) is 4.74 Å². The molecular formula is C11H22O2. The minimum atomic E-state index is -0.539. The van der Waals surface area contributed by atoms with Crippen molar-refractivity contribution < 1.29 is 9.84 Å². The normalized spacial score (nSPS) is 32.1. The first-order valence-corrected chi connectivity index (χ1v) is 5.43. The third kappa shape index (κ3) is 3.65. The van der Waals surface area contributed by atoms with Crippen LogP contribution in [0.2, 0.25) is 0 Å². The molecule has 1 fully saturated rings. The van der Waals surface area contributed by atoms with Gasteiger partial charge in [-0.3, -0.25) is 0 Å². The van der Waals surface area contributed by atoms with Crippen molar-refractivity contribution in [3.05, 3.63) is 0 Å². The fourth-order valence-corrected chi connectivity index (χ4v) is 2.13. The average molecular weight is 186 g/mol. The van der Waals surface area contributed by atoms with E-state index in [0.717, 1.165) is 18.8 Å². The van der Waals surface area contributed by atoms with Crippen LogP contribution in [-0.4, -0.2) is 17.5 Å². The molecule has 0 aromatic heterocycles. The van der Waals surface area contributed by atoms with E-state index in [1.165, 1.54) is 12.8 Å². The maximum atomic E-state index is 9.74. The number of aliphatic hydroxyl groups is 1. The number of aliphatic hydroxyl groups excluding tert-OH is 1. The summed E-state index contributed by atoms with van der Waals surface area (Å²) in [6.45, 7) is 6.19. The van der Waals surface area contributed by atoms with Crippen molar-refractivity contribution in [1.29, 1.82) is 0 Å². The van der Waals surface area contributed by atoms with Crippen molar-refractivity contribution in [3.8, 4) is 0 Å². The minimum Gasteiger partial charge on any atom is -0.368 e. The van der Waals surface area contributed by atoms with E-state index in [-0.39, 0.29) is 6.10 Å². The van der Waals surface area contributed by atoms with Gasteiger partial charge in [0.25, 0.3) is 0 Å². The summed E-state index contributed by atoms with van der Waals surface area (Å²) >= 11 is 0. The Hall–Kier alpha value is -0.0800. The molecule has 1 aliphatic rings. The monoisotopic (exact) mass is 186 g/mol. The molecule has 78 valence electrons. The lowest BCUT2D eigenvalue weighted by Crippen LogP contribution is -2.30. The van der Waals surface area contributed by atoms with E-state index in [2.05, 4.69) is 6.92 Å². The van der Waals surface area contributed by atoms with Gasteiger partial charge in [0.1, 0.15) is 0 Å². The zero-order chi connectivity index (χ0) is 9.84. The number of ether oxygens (including phenoxy) is 1. The Balaban J connectivity index is 2.32. The molecule has 1 saturated carbocycles. The van der Waals surface area contributed by atoms with Crippen molar-refractivity contribution in [2.75, 3.05) is 0 Å². The third-order valence-electron chi connectivity index (χ3n) is 2.79. The lowest BCUT2D eigenvalue weighted by Gasteiger charge is -2.31. The maximum absolute atomic E-state index is 9.74. The molecule has 2 heteroatoms. The number of rotatable bonds is 3. The fourth-order valence-electron chi connectivity index (χ4n) is 2.13. The van der Waals surface area contributed by atoms with E-state index in [1.54, 1.807) is 0 Å². The summed E-state index contributed by atoms with van der Waals surface area (Å²) in [5.74, 6) is 1.12. The van der Waals surface area contributed by atoms with Crippen LogP contribution in [0.1, 0.15) is 46.5 Å². The highest BCUT2D eigenvalue weighted by Gasteiger charge is 2.26. The van der Waals surface area contributed by atoms with Gasteiger partial charge in [-0.2, -0.15) is 0 Å². The molecule has 0 radical (unpaired) electrons. The smallest absolute Gasteiger partial charge is 0.157 e. The summed E-state index contributed by atoms with van der Waals surface area (Å²) in [5, 5.41) is 9.74. The Morgan fingerprint density at radius 1 is 1.31 bits per heavy atom. The molecule has 0 aromatic carbocycles. The molecule has 0 amide bonds. The third-order valence-corrected chi connectivity index (χ3v) is 2.79. The first kappa shape index (κ1) is 11.0. The molecule has 1 aliphatic carbocycles. The van der Waals surface area contributed by atoms with Gasteiger partial charge >= 0.3 is 0 Å². The van der Waals surface area contributed by atoms with E-state index in [0.29, 0.717) is 5.92 Å². The first-order chi connectivity index (χ1) is 6.09. The van der Waals surface area contributed by atoms with Gasteiger partial charge in [-0.25, -0.2) is 0 Å². The van der Waals surface area contributed by atoms with E-state index in [1.807, 2.05) is 13.8 Å². The van der Waals surface area contributed by atoms with Gasteiger partial charge in [-0.1, -0.05) is 19.8 Å². The predicted molar refractivity (Wildman–Crippen MR) is 53.3 cm³/mol. The molecule has 1 rings (SSSR count). The summed E-state index contributed by atoms with van der Waals surface area (Å²) in [6.07, 6.45) is 4.39. The summed E-state index contributed by atoms with van der Waals surface area (Å²) < 4.78 is 5.39. The Kier molecular flexibility index (Phi) is 4.20. The van der Waals surface area contributed by atoms with E-state index in [9.17, 15) is 5.11 Å². The van der Waals surface area contributed by atoms with Crippen LogP contribution in [0.25, 0.3) is 0 Å². The van der Waals surface area contributed by atoms with Gasteiger partial charge < -0.3 is 9.84 Å². The lowest BCUT2D eigenvalue weighted by molar-refractivity contribution is -0.165. The van der Waals surface area contributed by atoms with Crippen LogP contribution in [0.3, 0.4) is 0 Å². The van der Waals surface area contributed by atoms with Crippen LogP contribution in [0.15, 0.2) is 0 Å². The van der Waals surface area contributed by atoms with Gasteiger partial charge in [0.05, 0.1) is 6.10 Å². The molecule has 3 unspecified atom stereocenters. The molecule has 0 aliphatic heterocycles. The standard InChI is InChI=1S/C11H22O2/c1-8(2)13-11(12)10-6-4-5-9(3)7-10/h8-12H,4-7H2,1-3H3. The largest absolute Gasteiger partial charge is 0.368 e.